The molecule has 7 aromatic carbocycles. The van der Waals surface area contributed by atoms with Crippen LogP contribution in [0.2, 0.25) is 0 Å². The van der Waals surface area contributed by atoms with Crippen LogP contribution in [-0.4, -0.2) is 0 Å². The highest BCUT2D eigenvalue weighted by Crippen LogP contribution is 2.43. The van der Waals surface area contributed by atoms with Crippen LogP contribution in [0.1, 0.15) is 0 Å². The first-order chi connectivity index (χ1) is 19.8. The zero-order chi connectivity index (χ0) is 26.2. The van der Waals surface area contributed by atoms with Crippen molar-refractivity contribution in [3.8, 4) is 22.3 Å². The maximum atomic E-state index is 6.72. The van der Waals surface area contributed by atoms with Crippen molar-refractivity contribution in [1.29, 1.82) is 0 Å². The van der Waals surface area contributed by atoms with E-state index in [2.05, 4.69) is 121 Å². The molecule has 0 N–H and O–H groups in total. The molecular formula is C38H22O2. The van der Waals surface area contributed by atoms with Gasteiger partial charge in [0.05, 0.1) is 0 Å². The molecule has 2 aromatic heterocycles. The first-order valence-corrected chi connectivity index (χ1v) is 13.6. The number of hydrogen-bond acceptors (Lipinski definition) is 2. The largest absolute Gasteiger partial charge is 0.455 e. The Hall–Kier alpha value is -5.34. The van der Waals surface area contributed by atoms with Crippen LogP contribution in [0.3, 0.4) is 0 Å². The third-order valence-electron chi connectivity index (χ3n) is 8.26. The van der Waals surface area contributed by atoms with Crippen molar-refractivity contribution < 1.29 is 8.83 Å². The maximum Gasteiger partial charge on any atom is 0.143 e. The summed E-state index contributed by atoms with van der Waals surface area (Å²) in [7, 11) is 0. The van der Waals surface area contributed by atoms with Crippen molar-refractivity contribution in [3.63, 3.8) is 0 Å². The molecule has 0 bridgehead atoms. The van der Waals surface area contributed by atoms with Gasteiger partial charge in [0.25, 0.3) is 0 Å². The van der Waals surface area contributed by atoms with Crippen LogP contribution in [-0.2, 0) is 0 Å². The van der Waals surface area contributed by atoms with Gasteiger partial charge < -0.3 is 8.83 Å². The van der Waals surface area contributed by atoms with E-state index >= 15 is 0 Å². The molecule has 9 rings (SSSR count). The van der Waals surface area contributed by atoms with Gasteiger partial charge >= 0.3 is 0 Å². The van der Waals surface area contributed by atoms with E-state index in [4.69, 9.17) is 8.83 Å². The molecule has 9 aromatic rings. The van der Waals surface area contributed by atoms with Gasteiger partial charge in [-0.2, -0.15) is 0 Å². The lowest BCUT2D eigenvalue weighted by molar-refractivity contribution is 0.669. The molecule has 0 spiro atoms. The second kappa shape index (κ2) is 8.08. The molecule has 0 radical (unpaired) electrons. The van der Waals surface area contributed by atoms with Gasteiger partial charge in [0.1, 0.15) is 22.3 Å². The minimum atomic E-state index is 0.880. The Bertz CT molecular complexity index is 2420. The van der Waals surface area contributed by atoms with Crippen LogP contribution in [0.15, 0.2) is 142 Å². The maximum absolute atomic E-state index is 6.72. The Kier molecular flexibility index (Phi) is 4.36. The molecule has 0 fully saturated rings. The Balaban J connectivity index is 1.32. The fraction of sp³-hybridized carbons (Fsp3) is 0. The lowest BCUT2D eigenvalue weighted by atomic mass is 9.94. The summed E-state index contributed by atoms with van der Waals surface area (Å²) in [5.74, 6) is 0. The molecule has 0 aliphatic heterocycles. The van der Waals surface area contributed by atoms with Gasteiger partial charge in [0, 0.05) is 32.5 Å². The second-order valence-corrected chi connectivity index (χ2v) is 10.5. The van der Waals surface area contributed by atoms with Crippen LogP contribution >= 0.6 is 0 Å². The van der Waals surface area contributed by atoms with Crippen LogP contribution in [0.25, 0.3) is 87.7 Å². The van der Waals surface area contributed by atoms with E-state index in [0.29, 0.717) is 0 Å². The van der Waals surface area contributed by atoms with E-state index in [0.717, 1.165) is 55.0 Å². The van der Waals surface area contributed by atoms with E-state index in [1.54, 1.807) is 0 Å². The van der Waals surface area contributed by atoms with Gasteiger partial charge in [-0.3, -0.25) is 0 Å². The van der Waals surface area contributed by atoms with Gasteiger partial charge in [0.2, 0.25) is 0 Å². The molecular weight excluding hydrogens is 488 g/mol. The molecule has 0 amide bonds. The summed E-state index contributed by atoms with van der Waals surface area (Å²) in [6, 6.07) is 47.1. The van der Waals surface area contributed by atoms with E-state index in [1.165, 1.54) is 32.7 Å². The molecule has 186 valence electrons. The summed E-state index contributed by atoms with van der Waals surface area (Å²) >= 11 is 0. The number of fused-ring (bicyclic) bond motifs is 11. The smallest absolute Gasteiger partial charge is 0.143 e. The third-order valence-corrected chi connectivity index (χ3v) is 8.26. The predicted molar refractivity (Wildman–Crippen MR) is 167 cm³/mol. The van der Waals surface area contributed by atoms with Gasteiger partial charge in [-0.1, -0.05) is 103 Å². The molecule has 0 atom stereocenters. The second-order valence-electron chi connectivity index (χ2n) is 10.5. The van der Waals surface area contributed by atoms with Gasteiger partial charge in [-0.05, 0) is 63.2 Å². The van der Waals surface area contributed by atoms with Crippen LogP contribution in [0, 0.1) is 0 Å². The van der Waals surface area contributed by atoms with Crippen molar-refractivity contribution in [1.82, 2.24) is 0 Å². The molecule has 0 aliphatic rings. The number of hydrogen-bond donors (Lipinski definition) is 0. The van der Waals surface area contributed by atoms with Gasteiger partial charge in [0.15, 0.2) is 0 Å². The lowest BCUT2D eigenvalue weighted by Crippen LogP contribution is -1.83. The van der Waals surface area contributed by atoms with E-state index < -0.39 is 0 Å². The highest BCUT2D eigenvalue weighted by atomic mass is 16.3. The van der Waals surface area contributed by atoms with Crippen molar-refractivity contribution in [2.75, 3.05) is 0 Å². The zero-order valence-corrected chi connectivity index (χ0v) is 21.5. The Morgan fingerprint density at radius 1 is 0.325 bits per heavy atom. The number of para-hydroxylation sites is 2. The van der Waals surface area contributed by atoms with Gasteiger partial charge in [-0.25, -0.2) is 0 Å². The number of benzene rings is 7. The van der Waals surface area contributed by atoms with Crippen molar-refractivity contribution >= 4 is 65.4 Å². The summed E-state index contributed by atoms with van der Waals surface area (Å²) in [5, 5.41) is 9.34. The Labute approximate surface area is 229 Å². The summed E-state index contributed by atoms with van der Waals surface area (Å²) < 4.78 is 13.1. The fourth-order valence-corrected chi connectivity index (χ4v) is 6.41. The van der Waals surface area contributed by atoms with E-state index in [-0.39, 0.29) is 0 Å². The highest BCUT2D eigenvalue weighted by molar-refractivity contribution is 6.30. The Morgan fingerprint density at radius 3 is 1.90 bits per heavy atom. The first kappa shape index (κ1) is 21.6. The minimum Gasteiger partial charge on any atom is -0.455 e. The summed E-state index contributed by atoms with van der Waals surface area (Å²) in [6.07, 6.45) is 0. The molecule has 2 nitrogen and oxygen atoms in total. The van der Waals surface area contributed by atoms with E-state index in [9.17, 15) is 0 Å². The minimum absolute atomic E-state index is 0.880. The van der Waals surface area contributed by atoms with Gasteiger partial charge in [-0.15, -0.1) is 0 Å². The van der Waals surface area contributed by atoms with Crippen LogP contribution in [0.4, 0.5) is 0 Å². The summed E-state index contributed by atoms with van der Waals surface area (Å²) in [5.41, 5.74) is 8.19. The molecule has 0 saturated carbocycles. The van der Waals surface area contributed by atoms with Crippen molar-refractivity contribution in [2.24, 2.45) is 0 Å². The molecule has 0 saturated heterocycles. The number of furan rings is 2. The van der Waals surface area contributed by atoms with E-state index in [1.807, 2.05) is 12.1 Å². The van der Waals surface area contributed by atoms with Crippen molar-refractivity contribution in [3.05, 3.63) is 133 Å². The standard InChI is InChI=1S/C38H22O2/c1-2-9-23(10-3-1)24-17-19-31-33(21-24)27-11-4-5-13-29(27)36-32-20-18-25(22-35(32)40-38(31)36)26-14-8-15-30-28-12-6-7-16-34(28)39-37(26)30/h1-22H. The number of rotatable bonds is 2. The molecule has 0 unspecified atom stereocenters. The molecule has 2 heteroatoms. The SMILES string of the molecule is c1ccc(-c2ccc3c(c2)c2ccccc2c2c4ccc(-c5cccc6c5oc5ccccc56)cc4oc32)cc1. The average Bonchev–Trinajstić information content (AvgIpc) is 3.60. The summed E-state index contributed by atoms with van der Waals surface area (Å²) in [4.78, 5) is 0. The predicted octanol–water partition coefficient (Wildman–Crippen LogP) is 11.1. The fourth-order valence-electron chi connectivity index (χ4n) is 6.41. The quantitative estimate of drug-likeness (QED) is 0.216. The average molecular weight is 511 g/mol. The third kappa shape index (κ3) is 2.99. The molecule has 0 aliphatic carbocycles. The van der Waals surface area contributed by atoms with Crippen molar-refractivity contribution in [2.45, 2.75) is 0 Å². The Morgan fingerprint density at radius 2 is 1.00 bits per heavy atom. The molecule has 2 heterocycles. The van der Waals surface area contributed by atoms with Crippen LogP contribution in [0.5, 0.6) is 0 Å². The normalized spacial score (nSPS) is 12.0. The zero-order valence-electron chi connectivity index (χ0n) is 21.5. The summed E-state index contributed by atoms with van der Waals surface area (Å²) in [6.45, 7) is 0. The lowest BCUT2D eigenvalue weighted by Gasteiger charge is -2.09. The molecule has 40 heavy (non-hydrogen) atoms. The topological polar surface area (TPSA) is 26.3 Å². The van der Waals surface area contributed by atoms with Crippen LogP contribution < -0.4 is 0 Å². The highest BCUT2D eigenvalue weighted by Gasteiger charge is 2.18. The monoisotopic (exact) mass is 510 g/mol. The first-order valence-electron chi connectivity index (χ1n) is 13.6.